The molecular weight excluding hydrogens is 279 g/mol. The van der Waals surface area contributed by atoms with Crippen LogP contribution >= 0.6 is 22.9 Å². The van der Waals surface area contributed by atoms with Crippen molar-refractivity contribution in [3.8, 4) is 0 Å². The molecule has 0 saturated heterocycles. The highest BCUT2D eigenvalue weighted by molar-refractivity contribution is 7.12. The molecule has 1 aromatic heterocycles. The van der Waals surface area contributed by atoms with Crippen molar-refractivity contribution in [2.24, 2.45) is 0 Å². The first-order valence-electron chi connectivity index (χ1n) is 6.58. The van der Waals surface area contributed by atoms with E-state index in [1.807, 2.05) is 23.5 Å². The summed E-state index contributed by atoms with van der Waals surface area (Å²) in [5, 5.41) is -0.159. The summed E-state index contributed by atoms with van der Waals surface area (Å²) in [4.78, 5) is 2.67. The Bertz CT molecular complexity index is 585. The van der Waals surface area contributed by atoms with Gasteiger partial charge in [-0.2, -0.15) is 0 Å². The number of rotatable bonds is 2. The molecule has 0 fully saturated rings. The van der Waals surface area contributed by atoms with E-state index in [1.54, 1.807) is 13.8 Å². The van der Waals surface area contributed by atoms with Crippen LogP contribution in [0, 0.1) is 19.7 Å². The topological polar surface area (TPSA) is 0 Å². The van der Waals surface area contributed by atoms with Crippen molar-refractivity contribution < 1.29 is 4.39 Å². The average Bonchev–Trinajstić information content (AvgIpc) is 2.94. The molecule has 0 aliphatic heterocycles. The summed E-state index contributed by atoms with van der Waals surface area (Å²) < 4.78 is 13.7. The second-order valence-corrected chi connectivity index (χ2v) is 6.89. The number of thiophene rings is 1. The van der Waals surface area contributed by atoms with E-state index in [2.05, 4.69) is 6.07 Å². The van der Waals surface area contributed by atoms with Gasteiger partial charge in [0.25, 0.3) is 0 Å². The summed E-state index contributed by atoms with van der Waals surface area (Å²) in [6.07, 6.45) is 3.63. The van der Waals surface area contributed by atoms with Crippen LogP contribution in [0.5, 0.6) is 0 Å². The van der Waals surface area contributed by atoms with Crippen molar-refractivity contribution >= 4 is 22.9 Å². The first-order chi connectivity index (χ1) is 9.06. The molecule has 1 heterocycles. The van der Waals surface area contributed by atoms with Crippen LogP contribution < -0.4 is 0 Å². The molecular formula is C16H16ClFS. The van der Waals surface area contributed by atoms with E-state index >= 15 is 0 Å². The maximum absolute atomic E-state index is 13.7. The number of hydrogen-bond donors (Lipinski definition) is 0. The van der Waals surface area contributed by atoms with Crippen LogP contribution in [0.1, 0.15) is 43.8 Å². The van der Waals surface area contributed by atoms with Gasteiger partial charge in [0.15, 0.2) is 0 Å². The summed E-state index contributed by atoms with van der Waals surface area (Å²) >= 11 is 8.40. The van der Waals surface area contributed by atoms with Crippen molar-refractivity contribution in [2.75, 3.05) is 0 Å². The van der Waals surface area contributed by atoms with Gasteiger partial charge in [0, 0.05) is 9.75 Å². The predicted octanol–water partition coefficient (Wildman–Crippen LogP) is 5.32. The zero-order valence-corrected chi connectivity index (χ0v) is 12.7. The molecule has 1 aromatic carbocycles. The van der Waals surface area contributed by atoms with Gasteiger partial charge in [-0.15, -0.1) is 22.9 Å². The molecule has 0 bridgehead atoms. The van der Waals surface area contributed by atoms with Gasteiger partial charge in [-0.3, -0.25) is 0 Å². The van der Waals surface area contributed by atoms with E-state index in [4.69, 9.17) is 11.6 Å². The lowest BCUT2D eigenvalue weighted by Crippen LogP contribution is -1.96. The van der Waals surface area contributed by atoms with Crippen molar-refractivity contribution in [3.63, 3.8) is 0 Å². The molecule has 1 unspecified atom stereocenters. The second-order valence-electron chi connectivity index (χ2n) is 5.28. The number of aryl methyl sites for hydroxylation is 4. The number of alkyl halides is 1. The first-order valence-corrected chi connectivity index (χ1v) is 7.83. The molecule has 100 valence electrons. The lowest BCUT2D eigenvalue weighted by Gasteiger charge is -2.11. The normalized spacial score (nSPS) is 15.6. The Hall–Kier alpha value is -0.860. The monoisotopic (exact) mass is 294 g/mol. The van der Waals surface area contributed by atoms with Crippen molar-refractivity contribution in [1.82, 2.24) is 0 Å². The maximum atomic E-state index is 13.7. The highest BCUT2D eigenvalue weighted by Crippen LogP contribution is 2.39. The van der Waals surface area contributed by atoms with Gasteiger partial charge in [0.2, 0.25) is 0 Å². The molecule has 1 aliphatic rings. The Kier molecular flexibility index (Phi) is 3.40. The smallest absolute Gasteiger partial charge is 0.129 e. The first kappa shape index (κ1) is 13.1. The van der Waals surface area contributed by atoms with Crippen LogP contribution in [-0.2, 0) is 12.8 Å². The summed E-state index contributed by atoms with van der Waals surface area (Å²) in [7, 11) is 0. The minimum absolute atomic E-state index is 0.124. The molecule has 1 aliphatic carbocycles. The third kappa shape index (κ3) is 2.32. The largest absolute Gasteiger partial charge is 0.206 e. The van der Waals surface area contributed by atoms with Crippen LogP contribution in [0.25, 0.3) is 0 Å². The minimum Gasteiger partial charge on any atom is -0.206 e. The third-order valence-corrected chi connectivity index (χ3v) is 5.69. The third-order valence-electron chi connectivity index (χ3n) is 3.77. The molecule has 1 atom stereocenters. The zero-order valence-electron chi connectivity index (χ0n) is 11.1. The number of benzene rings is 1. The molecule has 19 heavy (non-hydrogen) atoms. The standard InChI is InChI=1S/C16H16ClFS/c1-9-6-12(7-10(2)16(9)18)15(17)14-8-11-4-3-5-13(11)19-14/h6-8,15H,3-5H2,1-2H3. The van der Waals surface area contributed by atoms with Crippen molar-refractivity contribution in [3.05, 3.63) is 56.0 Å². The minimum atomic E-state index is -0.159. The quantitative estimate of drug-likeness (QED) is 0.658. The van der Waals surface area contributed by atoms with Crippen LogP contribution in [0.3, 0.4) is 0 Å². The van der Waals surface area contributed by atoms with E-state index in [0.717, 1.165) is 5.56 Å². The maximum Gasteiger partial charge on any atom is 0.129 e. The predicted molar refractivity (Wildman–Crippen MR) is 79.9 cm³/mol. The van der Waals surface area contributed by atoms with Crippen LogP contribution in [0.2, 0.25) is 0 Å². The summed E-state index contributed by atoms with van der Waals surface area (Å²) in [6, 6.07) is 5.97. The molecule has 2 aromatic rings. The van der Waals surface area contributed by atoms with Gasteiger partial charge in [0.1, 0.15) is 5.82 Å². The Morgan fingerprint density at radius 2 is 1.84 bits per heavy atom. The van der Waals surface area contributed by atoms with Gasteiger partial charge in [-0.25, -0.2) is 4.39 Å². The molecule has 3 heteroatoms. The molecule has 0 N–H and O–H groups in total. The van der Waals surface area contributed by atoms with E-state index in [1.165, 1.54) is 34.6 Å². The second kappa shape index (κ2) is 4.92. The average molecular weight is 295 g/mol. The fourth-order valence-electron chi connectivity index (χ4n) is 2.77. The fraction of sp³-hybridized carbons (Fsp3) is 0.375. The van der Waals surface area contributed by atoms with E-state index < -0.39 is 0 Å². The molecule has 3 rings (SSSR count). The molecule has 0 saturated carbocycles. The van der Waals surface area contributed by atoms with Gasteiger partial charge < -0.3 is 0 Å². The SMILES string of the molecule is Cc1cc(C(Cl)c2cc3c(s2)CCC3)cc(C)c1F. The molecule has 0 amide bonds. The summed E-state index contributed by atoms with van der Waals surface area (Å²) in [5.41, 5.74) is 3.80. The van der Waals surface area contributed by atoms with Gasteiger partial charge in [-0.1, -0.05) is 12.1 Å². The van der Waals surface area contributed by atoms with Crippen LogP contribution in [0.15, 0.2) is 18.2 Å². The molecule has 0 spiro atoms. The number of halogens is 2. The summed E-state index contributed by atoms with van der Waals surface area (Å²) in [5.74, 6) is -0.124. The Morgan fingerprint density at radius 1 is 1.16 bits per heavy atom. The lowest BCUT2D eigenvalue weighted by atomic mass is 10.0. The molecule has 0 radical (unpaired) electrons. The molecule has 0 nitrogen and oxygen atoms in total. The Morgan fingerprint density at radius 3 is 2.47 bits per heavy atom. The lowest BCUT2D eigenvalue weighted by molar-refractivity contribution is 0.608. The fourth-order valence-corrected chi connectivity index (χ4v) is 4.35. The van der Waals surface area contributed by atoms with Crippen LogP contribution in [-0.4, -0.2) is 0 Å². The summed E-state index contributed by atoms with van der Waals surface area (Å²) in [6.45, 7) is 3.59. The number of fused-ring (bicyclic) bond motifs is 1. The Balaban J connectivity index is 1.97. The van der Waals surface area contributed by atoms with Crippen LogP contribution in [0.4, 0.5) is 4.39 Å². The van der Waals surface area contributed by atoms with E-state index in [-0.39, 0.29) is 11.2 Å². The Labute approximate surface area is 122 Å². The highest BCUT2D eigenvalue weighted by Gasteiger charge is 2.20. The van der Waals surface area contributed by atoms with Crippen molar-refractivity contribution in [1.29, 1.82) is 0 Å². The van der Waals surface area contributed by atoms with E-state index in [9.17, 15) is 4.39 Å². The zero-order chi connectivity index (χ0) is 13.6. The number of hydrogen-bond acceptors (Lipinski definition) is 1. The van der Waals surface area contributed by atoms with Gasteiger partial charge in [-0.05, 0) is 61.4 Å². The van der Waals surface area contributed by atoms with E-state index in [0.29, 0.717) is 11.1 Å². The highest BCUT2D eigenvalue weighted by atomic mass is 35.5. The van der Waals surface area contributed by atoms with Gasteiger partial charge in [0.05, 0.1) is 5.38 Å². The van der Waals surface area contributed by atoms with Crippen molar-refractivity contribution in [2.45, 2.75) is 38.5 Å². The van der Waals surface area contributed by atoms with Gasteiger partial charge >= 0.3 is 0 Å².